The van der Waals surface area contributed by atoms with Crippen LogP contribution in [0.5, 0.6) is 0 Å². The normalized spacial score (nSPS) is 16.8. The van der Waals surface area contributed by atoms with E-state index >= 15 is 0 Å². The number of aryl methyl sites for hydroxylation is 1. The number of carboxylic acids is 1. The molecule has 3 aromatic carbocycles. The van der Waals surface area contributed by atoms with Crippen LogP contribution in [0, 0.1) is 13.8 Å². The van der Waals surface area contributed by atoms with Gasteiger partial charge in [0, 0.05) is 12.1 Å². The predicted octanol–water partition coefficient (Wildman–Crippen LogP) is 6.22. The molecule has 1 fully saturated rings. The van der Waals surface area contributed by atoms with Gasteiger partial charge in [0.15, 0.2) is 5.58 Å². The van der Waals surface area contributed by atoms with E-state index < -0.39 is 12.0 Å². The molecule has 5 rings (SSSR count). The van der Waals surface area contributed by atoms with E-state index in [1.165, 1.54) is 5.56 Å². The number of piperidine rings is 1. The van der Waals surface area contributed by atoms with E-state index in [2.05, 4.69) is 43.0 Å². The van der Waals surface area contributed by atoms with Crippen molar-refractivity contribution < 1.29 is 14.3 Å². The van der Waals surface area contributed by atoms with Crippen molar-refractivity contribution in [2.24, 2.45) is 0 Å². The summed E-state index contributed by atoms with van der Waals surface area (Å²) in [6, 6.07) is 20.2. The molecule has 1 N–H and O–H groups in total. The molecule has 2 heterocycles. The minimum atomic E-state index is -0.731. The molecule has 1 atom stereocenters. The lowest BCUT2D eigenvalue weighted by Gasteiger charge is -2.33. The van der Waals surface area contributed by atoms with Gasteiger partial charge in [-0.15, -0.1) is 0 Å². The number of fused-ring (bicyclic) bond motifs is 1. The first-order chi connectivity index (χ1) is 16.0. The van der Waals surface area contributed by atoms with Crippen molar-refractivity contribution in [3.63, 3.8) is 0 Å². The van der Waals surface area contributed by atoms with Gasteiger partial charge in [0.05, 0.1) is 0 Å². The highest BCUT2D eigenvalue weighted by molar-refractivity contribution is 5.81. The molecule has 1 aliphatic rings. The molecule has 1 aromatic heterocycles. The molecule has 0 bridgehead atoms. The highest BCUT2D eigenvalue weighted by Gasteiger charge is 2.28. The third kappa shape index (κ3) is 4.16. The molecule has 168 valence electrons. The zero-order valence-electron chi connectivity index (χ0n) is 19.0. The molecule has 0 amide bonds. The molecular weight excluding hydrogens is 412 g/mol. The number of oxazole rings is 1. The first kappa shape index (κ1) is 21.4. The van der Waals surface area contributed by atoms with Crippen molar-refractivity contribution in [1.82, 2.24) is 9.88 Å². The Labute approximate surface area is 193 Å². The Morgan fingerprint density at radius 2 is 1.85 bits per heavy atom. The van der Waals surface area contributed by atoms with E-state index in [4.69, 9.17) is 9.40 Å². The summed E-state index contributed by atoms with van der Waals surface area (Å²) in [7, 11) is 0. The topological polar surface area (TPSA) is 66.6 Å². The number of nitrogens with zero attached hydrogens (tertiary/aromatic N) is 2. The van der Waals surface area contributed by atoms with Crippen molar-refractivity contribution in [3.8, 4) is 22.6 Å². The summed E-state index contributed by atoms with van der Waals surface area (Å²) in [6.45, 7) is 5.58. The number of aromatic nitrogens is 1. The van der Waals surface area contributed by atoms with Gasteiger partial charge in [0.2, 0.25) is 5.89 Å². The zero-order chi connectivity index (χ0) is 22.9. The number of hydrogen-bond acceptors (Lipinski definition) is 4. The fourth-order valence-electron chi connectivity index (χ4n) is 4.88. The van der Waals surface area contributed by atoms with Gasteiger partial charge in [-0.2, -0.15) is 0 Å². The summed E-state index contributed by atoms with van der Waals surface area (Å²) < 4.78 is 6.19. The summed E-state index contributed by atoms with van der Waals surface area (Å²) in [6.07, 6.45) is 2.72. The summed E-state index contributed by atoms with van der Waals surface area (Å²) in [5.74, 6) is -0.121. The van der Waals surface area contributed by atoms with Crippen LogP contribution < -0.4 is 0 Å². The number of carboxylic acid groups (broad SMARTS) is 1. The Morgan fingerprint density at radius 1 is 1.06 bits per heavy atom. The molecular formula is C28H28N2O3. The third-order valence-corrected chi connectivity index (χ3v) is 6.77. The lowest BCUT2D eigenvalue weighted by atomic mass is 9.96. The van der Waals surface area contributed by atoms with E-state index in [0.29, 0.717) is 18.9 Å². The van der Waals surface area contributed by atoms with Crippen molar-refractivity contribution in [1.29, 1.82) is 0 Å². The standard InChI is InChI=1S/C28H28N2O3/c1-18-15-26-24(16-21(18)17-30-14-7-6-13-25(30)28(31)32)29-27(33-26)23-12-8-11-22(19(23)2)20-9-4-3-5-10-20/h3-5,8-12,15-16,25H,6-7,13-14,17H2,1-2H3,(H,31,32). The fourth-order valence-corrected chi connectivity index (χ4v) is 4.88. The molecule has 33 heavy (non-hydrogen) atoms. The fraction of sp³-hybridized carbons (Fsp3) is 0.286. The average Bonchev–Trinajstić information content (AvgIpc) is 3.22. The van der Waals surface area contributed by atoms with Crippen LogP contribution in [0.3, 0.4) is 0 Å². The molecule has 0 radical (unpaired) electrons. The summed E-state index contributed by atoms with van der Waals surface area (Å²) in [5.41, 5.74) is 8.19. The van der Waals surface area contributed by atoms with Crippen molar-refractivity contribution in [2.45, 2.75) is 45.7 Å². The van der Waals surface area contributed by atoms with E-state index in [0.717, 1.165) is 58.3 Å². The van der Waals surface area contributed by atoms with Crippen molar-refractivity contribution >= 4 is 17.1 Å². The van der Waals surface area contributed by atoms with Gasteiger partial charge >= 0.3 is 5.97 Å². The van der Waals surface area contributed by atoms with Crippen LogP contribution in [0.2, 0.25) is 0 Å². The van der Waals surface area contributed by atoms with Crippen molar-refractivity contribution in [3.05, 3.63) is 77.4 Å². The van der Waals surface area contributed by atoms with Crippen molar-refractivity contribution in [2.75, 3.05) is 6.54 Å². The molecule has 5 heteroatoms. The molecule has 1 unspecified atom stereocenters. The summed E-state index contributed by atoms with van der Waals surface area (Å²) in [4.78, 5) is 18.6. The maximum absolute atomic E-state index is 11.7. The SMILES string of the molecule is Cc1cc2oc(-c3cccc(-c4ccccc4)c3C)nc2cc1CN1CCCCC1C(=O)O. The third-order valence-electron chi connectivity index (χ3n) is 6.77. The van der Waals surface area contributed by atoms with Crippen LogP contribution in [0.25, 0.3) is 33.7 Å². The summed E-state index contributed by atoms with van der Waals surface area (Å²) in [5, 5.41) is 9.62. The van der Waals surface area contributed by atoms with Crippen LogP contribution in [-0.4, -0.2) is 33.5 Å². The monoisotopic (exact) mass is 440 g/mol. The van der Waals surface area contributed by atoms with E-state index in [9.17, 15) is 9.90 Å². The molecule has 1 saturated heterocycles. The first-order valence-electron chi connectivity index (χ1n) is 11.5. The molecule has 0 spiro atoms. The van der Waals surface area contributed by atoms with Crippen LogP contribution in [0.15, 0.2) is 65.1 Å². The lowest BCUT2D eigenvalue weighted by Crippen LogP contribution is -2.44. The number of rotatable bonds is 5. The molecule has 0 aliphatic carbocycles. The molecule has 5 nitrogen and oxygen atoms in total. The number of aliphatic carboxylic acids is 1. The molecule has 1 aliphatic heterocycles. The Morgan fingerprint density at radius 3 is 2.64 bits per heavy atom. The minimum absolute atomic E-state index is 0.412. The van der Waals surface area contributed by atoms with Crippen LogP contribution in [0.4, 0.5) is 0 Å². The van der Waals surface area contributed by atoms with Gasteiger partial charge < -0.3 is 9.52 Å². The minimum Gasteiger partial charge on any atom is -0.480 e. The van der Waals surface area contributed by atoms with Crippen LogP contribution in [-0.2, 0) is 11.3 Å². The highest BCUT2D eigenvalue weighted by atomic mass is 16.4. The second-order valence-electron chi connectivity index (χ2n) is 8.93. The Hall–Kier alpha value is -3.44. The van der Waals surface area contributed by atoms with E-state index in [-0.39, 0.29) is 0 Å². The first-order valence-corrected chi connectivity index (χ1v) is 11.5. The van der Waals surface area contributed by atoms with Gasteiger partial charge in [-0.05, 0) is 79.3 Å². The average molecular weight is 441 g/mol. The molecule has 0 saturated carbocycles. The van der Waals surface area contributed by atoms with Crippen LogP contribution >= 0.6 is 0 Å². The number of likely N-dealkylation sites (tertiary alicyclic amines) is 1. The number of benzene rings is 3. The second kappa shape index (κ2) is 8.83. The van der Waals surface area contributed by atoms with Crippen LogP contribution in [0.1, 0.15) is 36.0 Å². The van der Waals surface area contributed by atoms with Gasteiger partial charge in [-0.3, -0.25) is 9.69 Å². The Kier molecular flexibility index (Phi) is 5.73. The quantitative estimate of drug-likeness (QED) is 0.399. The van der Waals surface area contributed by atoms with E-state index in [1.807, 2.05) is 36.4 Å². The Bertz CT molecular complexity index is 1310. The lowest BCUT2D eigenvalue weighted by molar-refractivity contribution is -0.144. The maximum atomic E-state index is 11.7. The number of hydrogen-bond donors (Lipinski definition) is 1. The van der Waals surface area contributed by atoms with E-state index in [1.54, 1.807) is 0 Å². The van der Waals surface area contributed by atoms with Gasteiger partial charge in [0.25, 0.3) is 0 Å². The highest BCUT2D eigenvalue weighted by Crippen LogP contribution is 2.34. The molecule has 4 aromatic rings. The largest absolute Gasteiger partial charge is 0.480 e. The maximum Gasteiger partial charge on any atom is 0.320 e. The van der Waals surface area contributed by atoms with Gasteiger partial charge in [-0.25, -0.2) is 4.98 Å². The second-order valence-corrected chi connectivity index (χ2v) is 8.93. The van der Waals surface area contributed by atoms with Gasteiger partial charge in [-0.1, -0.05) is 48.9 Å². The smallest absolute Gasteiger partial charge is 0.320 e. The Balaban J connectivity index is 1.49. The predicted molar refractivity (Wildman–Crippen MR) is 130 cm³/mol. The summed E-state index contributed by atoms with van der Waals surface area (Å²) >= 11 is 0. The zero-order valence-corrected chi connectivity index (χ0v) is 19.0. The number of carbonyl (C=O) groups is 1. The van der Waals surface area contributed by atoms with Gasteiger partial charge in [0.1, 0.15) is 11.6 Å².